The van der Waals surface area contributed by atoms with Crippen LogP contribution >= 0.6 is 0 Å². The zero-order valence-corrected chi connectivity index (χ0v) is 12.0. The van der Waals surface area contributed by atoms with Gasteiger partial charge in [-0.15, -0.1) is 0 Å². The molecule has 0 radical (unpaired) electrons. The lowest BCUT2D eigenvalue weighted by molar-refractivity contribution is 0.0946. The van der Waals surface area contributed by atoms with Crippen molar-refractivity contribution in [1.82, 2.24) is 9.80 Å². The van der Waals surface area contributed by atoms with Gasteiger partial charge in [-0.25, -0.2) is 0 Å². The molecule has 0 amide bonds. The first-order valence-corrected chi connectivity index (χ1v) is 6.81. The summed E-state index contributed by atoms with van der Waals surface area (Å²) in [4.78, 5) is 4.50. The van der Waals surface area contributed by atoms with Crippen molar-refractivity contribution in [3.8, 4) is 0 Å². The summed E-state index contributed by atoms with van der Waals surface area (Å²) in [5, 5.41) is 9.55. The van der Waals surface area contributed by atoms with E-state index in [2.05, 4.69) is 37.7 Å². The largest absolute Gasteiger partial charge is 0.395 e. The van der Waals surface area contributed by atoms with Crippen molar-refractivity contribution in [2.75, 3.05) is 40.3 Å². The van der Waals surface area contributed by atoms with Crippen molar-refractivity contribution in [3.05, 3.63) is 0 Å². The highest BCUT2D eigenvalue weighted by atomic mass is 16.3. The zero-order valence-electron chi connectivity index (χ0n) is 12.0. The van der Waals surface area contributed by atoms with Crippen molar-refractivity contribution in [2.24, 2.45) is 5.73 Å². The molecular weight excluding hydrogens is 214 g/mol. The highest BCUT2D eigenvalue weighted by molar-refractivity contribution is 4.81. The summed E-state index contributed by atoms with van der Waals surface area (Å²) in [6, 6.07) is 0.188. The number of hydrogen-bond donors (Lipinski definition) is 2. The summed E-state index contributed by atoms with van der Waals surface area (Å²) < 4.78 is 0. The van der Waals surface area contributed by atoms with Gasteiger partial charge in [0.25, 0.3) is 0 Å². The minimum Gasteiger partial charge on any atom is -0.395 e. The van der Waals surface area contributed by atoms with Gasteiger partial charge in [0.15, 0.2) is 0 Å². The van der Waals surface area contributed by atoms with E-state index in [9.17, 15) is 5.11 Å². The van der Waals surface area contributed by atoms with E-state index in [1.807, 2.05) is 0 Å². The Hall–Kier alpha value is -0.160. The fourth-order valence-corrected chi connectivity index (χ4v) is 2.11. The molecule has 17 heavy (non-hydrogen) atoms. The van der Waals surface area contributed by atoms with Crippen molar-refractivity contribution in [2.45, 2.75) is 45.2 Å². The van der Waals surface area contributed by atoms with Gasteiger partial charge in [-0.1, -0.05) is 20.3 Å². The molecule has 0 aliphatic rings. The molecule has 0 rings (SSSR count). The Morgan fingerprint density at radius 3 is 2.12 bits per heavy atom. The number of nitrogens with zero attached hydrogens (tertiary/aromatic N) is 2. The zero-order chi connectivity index (χ0) is 13.3. The third kappa shape index (κ3) is 6.99. The van der Waals surface area contributed by atoms with Crippen LogP contribution in [0.5, 0.6) is 0 Å². The first-order chi connectivity index (χ1) is 8.06. The maximum Gasteiger partial charge on any atom is 0.0601 e. The van der Waals surface area contributed by atoms with Gasteiger partial charge in [0.05, 0.1) is 6.61 Å². The minimum absolute atomic E-state index is 0.0821. The number of hydrogen-bond acceptors (Lipinski definition) is 4. The Kier molecular flexibility index (Phi) is 9.74. The van der Waals surface area contributed by atoms with Gasteiger partial charge in [-0.3, -0.25) is 4.90 Å². The van der Waals surface area contributed by atoms with E-state index in [4.69, 9.17) is 5.73 Å². The van der Waals surface area contributed by atoms with Crippen LogP contribution in [-0.2, 0) is 0 Å². The Bertz CT molecular complexity index is 176. The van der Waals surface area contributed by atoms with Gasteiger partial charge >= 0.3 is 0 Å². The summed E-state index contributed by atoms with van der Waals surface area (Å²) in [7, 11) is 4.15. The molecular formula is C13H31N3O. The molecule has 4 heteroatoms. The lowest BCUT2D eigenvalue weighted by Crippen LogP contribution is -2.52. The number of likely N-dealkylation sites (N-methyl/N-ethyl adjacent to an activating group) is 1. The predicted molar refractivity (Wildman–Crippen MR) is 74.2 cm³/mol. The molecule has 3 N–H and O–H groups in total. The summed E-state index contributed by atoms with van der Waals surface area (Å²) >= 11 is 0. The van der Waals surface area contributed by atoms with Crippen LogP contribution in [-0.4, -0.2) is 67.3 Å². The molecule has 0 fully saturated rings. The monoisotopic (exact) mass is 245 g/mol. The summed E-state index contributed by atoms with van der Waals surface area (Å²) in [5.74, 6) is 0. The van der Waals surface area contributed by atoms with Gasteiger partial charge in [0, 0.05) is 25.2 Å². The van der Waals surface area contributed by atoms with E-state index in [0.29, 0.717) is 0 Å². The average Bonchev–Trinajstić information content (AvgIpc) is 2.27. The highest BCUT2D eigenvalue weighted by Gasteiger charge is 2.22. The van der Waals surface area contributed by atoms with Crippen LogP contribution < -0.4 is 5.73 Å². The van der Waals surface area contributed by atoms with Gasteiger partial charge in [-0.2, -0.15) is 0 Å². The number of aliphatic hydroxyl groups is 1. The second kappa shape index (κ2) is 9.83. The number of aliphatic hydroxyl groups excluding tert-OH is 1. The maximum atomic E-state index is 9.55. The third-order valence-electron chi connectivity index (χ3n) is 3.12. The van der Waals surface area contributed by atoms with Gasteiger partial charge < -0.3 is 15.7 Å². The Morgan fingerprint density at radius 2 is 1.71 bits per heavy atom. The standard InChI is InChI=1S/C13H31N3O/c1-5-7-12(14)13(11-17)16(8-6-2)10-9-15(3)4/h12-13,17H,5-11,14H2,1-4H3. The fraction of sp³-hybridized carbons (Fsp3) is 1.00. The molecule has 0 saturated heterocycles. The summed E-state index contributed by atoms with van der Waals surface area (Å²) in [5.41, 5.74) is 6.16. The van der Waals surface area contributed by atoms with E-state index in [0.717, 1.165) is 38.9 Å². The van der Waals surface area contributed by atoms with Gasteiger partial charge in [0.1, 0.15) is 0 Å². The summed E-state index contributed by atoms with van der Waals surface area (Å²) in [6.07, 6.45) is 3.15. The molecule has 0 bridgehead atoms. The SMILES string of the molecule is CCCC(N)C(CO)N(CCC)CCN(C)C. The molecule has 2 atom stereocenters. The molecule has 0 spiro atoms. The number of nitrogens with two attached hydrogens (primary N) is 1. The lowest BCUT2D eigenvalue weighted by atomic mass is 10.0. The normalized spacial score (nSPS) is 15.5. The first kappa shape index (κ1) is 16.8. The van der Waals surface area contributed by atoms with E-state index in [1.54, 1.807) is 0 Å². The van der Waals surface area contributed by atoms with E-state index in [-0.39, 0.29) is 18.7 Å². The Balaban J connectivity index is 4.38. The molecule has 0 aliphatic heterocycles. The first-order valence-electron chi connectivity index (χ1n) is 6.81. The average molecular weight is 245 g/mol. The molecule has 2 unspecified atom stereocenters. The third-order valence-corrected chi connectivity index (χ3v) is 3.12. The number of rotatable bonds is 10. The fourth-order valence-electron chi connectivity index (χ4n) is 2.11. The molecule has 0 aliphatic carbocycles. The molecule has 104 valence electrons. The van der Waals surface area contributed by atoms with Crippen LogP contribution in [0.15, 0.2) is 0 Å². The van der Waals surface area contributed by atoms with Crippen molar-refractivity contribution < 1.29 is 5.11 Å². The van der Waals surface area contributed by atoms with Crippen LogP contribution in [0.1, 0.15) is 33.1 Å². The topological polar surface area (TPSA) is 52.7 Å². The van der Waals surface area contributed by atoms with Gasteiger partial charge in [-0.05, 0) is 33.5 Å². The van der Waals surface area contributed by atoms with Crippen LogP contribution in [0.3, 0.4) is 0 Å². The molecule has 0 aromatic carbocycles. The Morgan fingerprint density at radius 1 is 1.06 bits per heavy atom. The second-order valence-corrected chi connectivity index (χ2v) is 5.04. The molecule has 0 heterocycles. The predicted octanol–water partition coefficient (Wildman–Crippen LogP) is 0.748. The van der Waals surface area contributed by atoms with Crippen molar-refractivity contribution in [1.29, 1.82) is 0 Å². The molecule has 4 nitrogen and oxygen atoms in total. The van der Waals surface area contributed by atoms with Crippen LogP contribution in [0.25, 0.3) is 0 Å². The van der Waals surface area contributed by atoms with Crippen molar-refractivity contribution in [3.63, 3.8) is 0 Å². The van der Waals surface area contributed by atoms with Crippen molar-refractivity contribution >= 4 is 0 Å². The van der Waals surface area contributed by atoms with Gasteiger partial charge in [0.2, 0.25) is 0 Å². The molecule has 0 aromatic rings. The van der Waals surface area contributed by atoms with E-state index in [1.165, 1.54) is 0 Å². The second-order valence-electron chi connectivity index (χ2n) is 5.04. The van der Waals surface area contributed by atoms with Crippen LogP contribution in [0.4, 0.5) is 0 Å². The highest BCUT2D eigenvalue weighted by Crippen LogP contribution is 2.08. The molecule has 0 saturated carbocycles. The summed E-state index contributed by atoms with van der Waals surface area (Å²) in [6.45, 7) is 7.46. The van der Waals surface area contributed by atoms with Crippen LogP contribution in [0, 0.1) is 0 Å². The maximum absolute atomic E-state index is 9.55. The molecule has 0 aromatic heterocycles. The Labute approximate surface area is 107 Å². The quantitative estimate of drug-likeness (QED) is 0.596. The van der Waals surface area contributed by atoms with E-state index >= 15 is 0 Å². The minimum atomic E-state index is 0.0821. The van der Waals surface area contributed by atoms with E-state index < -0.39 is 0 Å². The van der Waals surface area contributed by atoms with Crippen LogP contribution in [0.2, 0.25) is 0 Å². The smallest absolute Gasteiger partial charge is 0.0601 e. The lowest BCUT2D eigenvalue weighted by Gasteiger charge is -2.34.